The number of aryl methyl sites for hydroxylation is 1. The molecule has 4 aromatic rings. The van der Waals surface area contributed by atoms with Gasteiger partial charge >= 0.3 is 0 Å². The molecule has 2 atom stereocenters. The topological polar surface area (TPSA) is 80.0 Å². The summed E-state index contributed by atoms with van der Waals surface area (Å²) in [6.07, 6.45) is 5.13. The second-order valence-electron chi connectivity index (χ2n) is 8.99. The van der Waals surface area contributed by atoms with Crippen LogP contribution >= 0.6 is 11.6 Å². The average Bonchev–Trinajstić information content (AvgIpc) is 3.51. The van der Waals surface area contributed by atoms with Crippen LogP contribution in [0.15, 0.2) is 59.3 Å². The Hall–Kier alpha value is -3.71. The molecule has 35 heavy (non-hydrogen) atoms. The number of rotatable bonds is 6. The van der Waals surface area contributed by atoms with E-state index in [1.54, 1.807) is 6.92 Å². The van der Waals surface area contributed by atoms with Crippen molar-refractivity contribution in [3.8, 4) is 11.4 Å². The number of benzene rings is 2. The van der Waals surface area contributed by atoms with Gasteiger partial charge in [0.05, 0.1) is 0 Å². The van der Waals surface area contributed by atoms with Crippen molar-refractivity contribution in [3.05, 3.63) is 82.3 Å². The highest BCUT2D eigenvalue weighted by Gasteiger charge is 2.39. The van der Waals surface area contributed by atoms with Crippen LogP contribution in [0.2, 0.25) is 5.02 Å². The number of halogens is 1. The molecule has 0 radical (unpaired) electrons. The van der Waals surface area contributed by atoms with E-state index in [1.165, 1.54) is 5.56 Å². The summed E-state index contributed by atoms with van der Waals surface area (Å²) in [5, 5.41) is 8.16. The van der Waals surface area contributed by atoms with Crippen molar-refractivity contribution >= 4 is 35.0 Å². The monoisotopic (exact) mass is 484 g/mol. The van der Waals surface area contributed by atoms with Gasteiger partial charge in [0.1, 0.15) is 5.82 Å². The quantitative estimate of drug-likeness (QED) is 0.368. The van der Waals surface area contributed by atoms with Gasteiger partial charge in [-0.25, -0.2) is 4.98 Å². The van der Waals surface area contributed by atoms with Gasteiger partial charge in [0.2, 0.25) is 17.7 Å². The summed E-state index contributed by atoms with van der Waals surface area (Å²) in [6.45, 7) is 5.45. The molecule has 2 aromatic carbocycles. The molecule has 0 spiro atoms. The Bertz CT molecular complexity index is 1420. The zero-order chi connectivity index (χ0) is 23.9. The van der Waals surface area contributed by atoms with Gasteiger partial charge in [-0.1, -0.05) is 59.2 Å². The molecule has 0 amide bonds. The van der Waals surface area contributed by atoms with Crippen LogP contribution in [0.25, 0.3) is 23.0 Å². The van der Waals surface area contributed by atoms with Crippen LogP contribution in [0.5, 0.6) is 0 Å². The molecule has 0 bridgehead atoms. The smallest absolute Gasteiger partial charge is 0.224 e. The number of anilines is 2. The van der Waals surface area contributed by atoms with Crippen LogP contribution in [0, 0.1) is 6.92 Å². The van der Waals surface area contributed by atoms with Crippen molar-refractivity contribution in [1.29, 1.82) is 0 Å². The molecule has 176 valence electrons. The molecule has 6 rings (SSSR count). The van der Waals surface area contributed by atoms with Gasteiger partial charge in [-0.3, -0.25) is 0 Å². The fraction of sp³-hybridized carbons (Fsp3) is 0.259. The Morgan fingerprint density at radius 3 is 2.74 bits per heavy atom. The first-order chi connectivity index (χ1) is 17.1. The molecule has 1 saturated carbocycles. The third kappa shape index (κ3) is 4.28. The maximum absolute atomic E-state index is 6.70. The van der Waals surface area contributed by atoms with E-state index in [0.717, 1.165) is 47.6 Å². The Morgan fingerprint density at radius 2 is 2.00 bits per heavy atom. The minimum absolute atomic E-state index is 0.375. The molecule has 8 heteroatoms. The molecule has 3 heterocycles. The number of fused-ring (bicyclic) bond motifs is 1. The van der Waals surface area contributed by atoms with Crippen LogP contribution < -0.4 is 10.2 Å². The van der Waals surface area contributed by atoms with E-state index >= 15 is 0 Å². The highest BCUT2D eigenvalue weighted by atomic mass is 35.5. The van der Waals surface area contributed by atoms with E-state index < -0.39 is 0 Å². The van der Waals surface area contributed by atoms with E-state index in [-0.39, 0.29) is 0 Å². The summed E-state index contributed by atoms with van der Waals surface area (Å²) in [5.74, 6) is 3.20. The van der Waals surface area contributed by atoms with Gasteiger partial charge in [-0.2, -0.15) is 9.97 Å². The van der Waals surface area contributed by atoms with E-state index in [1.807, 2.05) is 24.4 Å². The Morgan fingerprint density at radius 1 is 1.14 bits per heavy atom. The maximum Gasteiger partial charge on any atom is 0.224 e. The summed E-state index contributed by atoms with van der Waals surface area (Å²) >= 11 is 6.70. The van der Waals surface area contributed by atoms with Crippen molar-refractivity contribution < 1.29 is 4.52 Å². The van der Waals surface area contributed by atoms with Crippen molar-refractivity contribution in [3.63, 3.8) is 0 Å². The van der Waals surface area contributed by atoms with Crippen LogP contribution in [-0.2, 0) is 0 Å². The SMILES string of the molecule is CCN1CC(c2ccc(-c3noc(C)n3)cc2Cl)=Cc2cnc(NC3CC3c3ccccc3)nc21. The summed E-state index contributed by atoms with van der Waals surface area (Å²) in [4.78, 5) is 16.1. The normalized spacial score (nSPS) is 18.7. The van der Waals surface area contributed by atoms with Crippen molar-refractivity contribution in [2.45, 2.75) is 32.2 Å². The number of aromatic nitrogens is 4. The molecule has 2 unspecified atom stereocenters. The molecule has 1 N–H and O–H groups in total. The second-order valence-corrected chi connectivity index (χ2v) is 9.40. The number of nitrogens with one attached hydrogen (secondary N) is 1. The highest BCUT2D eigenvalue weighted by Crippen LogP contribution is 2.43. The minimum atomic E-state index is 0.375. The predicted octanol–water partition coefficient (Wildman–Crippen LogP) is 5.84. The van der Waals surface area contributed by atoms with Crippen LogP contribution in [0.1, 0.15) is 41.8 Å². The molecule has 1 aliphatic carbocycles. The Kier molecular flexibility index (Phi) is 5.49. The number of likely N-dealkylation sites (N-methyl/N-ethyl adjacent to an activating group) is 1. The van der Waals surface area contributed by atoms with Gasteiger partial charge in [0, 0.05) is 54.3 Å². The largest absolute Gasteiger partial charge is 0.352 e. The van der Waals surface area contributed by atoms with Gasteiger partial charge < -0.3 is 14.7 Å². The van der Waals surface area contributed by atoms with E-state index in [0.29, 0.717) is 34.6 Å². The average molecular weight is 485 g/mol. The van der Waals surface area contributed by atoms with E-state index in [2.05, 4.69) is 68.7 Å². The van der Waals surface area contributed by atoms with Crippen LogP contribution in [0.4, 0.5) is 11.8 Å². The second kappa shape index (κ2) is 8.82. The molecule has 0 saturated heterocycles. The summed E-state index contributed by atoms with van der Waals surface area (Å²) in [6, 6.07) is 16.9. The lowest BCUT2D eigenvalue weighted by molar-refractivity contribution is 0.394. The summed E-state index contributed by atoms with van der Waals surface area (Å²) in [7, 11) is 0. The number of hydrogen-bond acceptors (Lipinski definition) is 7. The third-order valence-electron chi connectivity index (χ3n) is 6.60. The highest BCUT2D eigenvalue weighted by molar-refractivity contribution is 6.33. The Labute approximate surface area is 208 Å². The lowest BCUT2D eigenvalue weighted by Crippen LogP contribution is -2.29. The van der Waals surface area contributed by atoms with Crippen molar-refractivity contribution in [2.75, 3.05) is 23.3 Å². The summed E-state index contributed by atoms with van der Waals surface area (Å²) in [5.41, 5.74) is 5.28. The van der Waals surface area contributed by atoms with Crippen LogP contribution in [-0.4, -0.2) is 39.2 Å². The fourth-order valence-electron chi connectivity index (χ4n) is 4.67. The van der Waals surface area contributed by atoms with Crippen molar-refractivity contribution in [2.24, 2.45) is 0 Å². The van der Waals surface area contributed by atoms with E-state index in [9.17, 15) is 0 Å². The fourth-order valence-corrected chi connectivity index (χ4v) is 4.97. The molecule has 7 nitrogen and oxygen atoms in total. The zero-order valence-corrected chi connectivity index (χ0v) is 20.3. The van der Waals surface area contributed by atoms with E-state index in [4.69, 9.17) is 21.1 Å². The van der Waals surface area contributed by atoms with Gasteiger partial charge in [0.15, 0.2) is 0 Å². The minimum Gasteiger partial charge on any atom is -0.352 e. The molecule has 2 aliphatic rings. The van der Waals surface area contributed by atoms with Gasteiger partial charge in [-0.15, -0.1) is 0 Å². The predicted molar refractivity (Wildman–Crippen MR) is 138 cm³/mol. The van der Waals surface area contributed by atoms with Gasteiger partial charge in [0.25, 0.3) is 0 Å². The van der Waals surface area contributed by atoms with Crippen molar-refractivity contribution in [1.82, 2.24) is 20.1 Å². The van der Waals surface area contributed by atoms with Crippen LogP contribution in [0.3, 0.4) is 0 Å². The summed E-state index contributed by atoms with van der Waals surface area (Å²) < 4.78 is 5.10. The number of hydrogen-bond donors (Lipinski definition) is 1. The molecule has 2 aromatic heterocycles. The lowest BCUT2D eigenvalue weighted by Gasteiger charge is -2.29. The third-order valence-corrected chi connectivity index (χ3v) is 6.91. The Balaban J connectivity index is 1.24. The van der Waals surface area contributed by atoms with Gasteiger partial charge in [-0.05, 0) is 42.2 Å². The molecule has 1 aliphatic heterocycles. The number of nitrogens with zero attached hydrogens (tertiary/aromatic N) is 5. The molecular weight excluding hydrogens is 460 g/mol. The molecular formula is C27H25ClN6O. The first kappa shape index (κ1) is 21.8. The zero-order valence-electron chi connectivity index (χ0n) is 19.6. The first-order valence-electron chi connectivity index (χ1n) is 11.8. The lowest BCUT2D eigenvalue weighted by atomic mass is 9.98. The maximum atomic E-state index is 6.70. The first-order valence-corrected chi connectivity index (χ1v) is 12.2. The standard InChI is InChI=1S/C27H25ClN6O/c1-3-34-15-20(21-10-9-18(12-23(21)28)25-30-16(2)35-33-25)11-19-14-29-27(32-26(19)34)31-24-13-22(24)17-7-5-4-6-8-17/h4-12,14,22,24H,3,13,15H2,1-2H3,(H,29,31,32). The molecule has 1 fully saturated rings.